The number of benzene rings is 1. The second-order valence-corrected chi connectivity index (χ2v) is 6.86. The van der Waals surface area contributed by atoms with Crippen molar-refractivity contribution in [2.45, 2.75) is 33.4 Å². The predicted molar refractivity (Wildman–Crippen MR) is 108 cm³/mol. The average molecular weight is 394 g/mol. The molecule has 0 saturated carbocycles. The van der Waals surface area contributed by atoms with E-state index in [0.29, 0.717) is 47.1 Å². The molecule has 9 nitrogen and oxygen atoms in total. The Balaban J connectivity index is 1.84. The summed E-state index contributed by atoms with van der Waals surface area (Å²) in [6, 6.07) is 4.80. The van der Waals surface area contributed by atoms with E-state index in [2.05, 4.69) is 15.4 Å². The number of aryl methyl sites for hydroxylation is 2. The third-order valence-corrected chi connectivity index (χ3v) is 4.85. The number of allylic oxidation sites excluding steroid dienone is 1. The number of nitrogens with zero attached hydrogens (tertiary/aromatic N) is 4. The predicted octanol–water partition coefficient (Wildman–Crippen LogP) is 2.42. The van der Waals surface area contributed by atoms with E-state index in [1.807, 2.05) is 37.5 Å². The van der Waals surface area contributed by atoms with Gasteiger partial charge in [-0.3, -0.25) is 24.2 Å². The Hall–Kier alpha value is -3.62. The van der Waals surface area contributed by atoms with Crippen LogP contribution in [0.15, 0.2) is 30.4 Å². The highest BCUT2D eigenvalue weighted by atomic mass is 16.5. The van der Waals surface area contributed by atoms with Crippen molar-refractivity contribution in [2.75, 3.05) is 11.9 Å². The van der Waals surface area contributed by atoms with Gasteiger partial charge in [-0.25, -0.2) is 4.98 Å². The molecule has 0 fully saturated rings. The Bertz CT molecular complexity index is 1160. The van der Waals surface area contributed by atoms with Crippen LogP contribution in [-0.4, -0.2) is 37.8 Å². The van der Waals surface area contributed by atoms with Gasteiger partial charge in [0, 0.05) is 12.1 Å². The monoisotopic (exact) mass is 394 g/mol. The highest BCUT2D eigenvalue weighted by Gasteiger charge is 2.28. The number of hydrogen-bond acceptors (Lipinski definition) is 5. The molecule has 9 heteroatoms. The normalized spacial score (nSPS) is 15.6. The fourth-order valence-electron chi connectivity index (χ4n) is 3.61. The van der Waals surface area contributed by atoms with Crippen molar-refractivity contribution in [2.24, 2.45) is 5.73 Å². The molecule has 2 aromatic heterocycles. The molecule has 1 aromatic carbocycles. The first-order valence-electron chi connectivity index (χ1n) is 9.40. The molecule has 150 valence electrons. The molecule has 0 radical (unpaired) electrons. The largest absolute Gasteiger partial charge is 0.489 e. The van der Waals surface area contributed by atoms with Crippen LogP contribution in [0.2, 0.25) is 0 Å². The SMILES string of the molecule is C/C=C/[C@H]1COc2cc(C(N)=O)cc3nc(NC(=O)c4cc(C)nn4CC)n1c23. The molecule has 1 aliphatic heterocycles. The number of hydrogen-bond donors (Lipinski definition) is 2. The summed E-state index contributed by atoms with van der Waals surface area (Å²) in [7, 11) is 0. The zero-order valence-corrected chi connectivity index (χ0v) is 16.5. The molecule has 1 atom stereocenters. The van der Waals surface area contributed by atoms with Crippen molar-refractivity contribution in [3.8, 4) is 5.75 Å². The van der Waals surface area contributed by atoms with E-state index in [9.17, 15) is 9.59 Å². The lowest BCUT2D eigenvalue weighted by atomic mass is 10.1. The molecule has 0 saturated heterocycles. The maximum absolute atomic E-state index is 12.9. The number of nitrogens with one attached hydrogen (secondary N) is 1. The van der Waals surface area contributed by atoms with E-state index >= 15 is 0 Å². The summed E-state index contributed by atoms with van der Waals surface area (Å²) in [5.41, 5.74) is 8.20. The lowest BCUT2D eigenvalue weighted by Gasteiger charge is -2.25. The zero-order valence-electron chi connectivity index (χ0n) is 16.5. The van der Waals surface area contributed by atoms with Gasteiger partial charge in [-0.05, 0) is 39.0 Å². The molecule has 3 aromatic rings. The molecule has 3 N–H and O–H groups in total. The van der Waals surface area contributed by atoms with Gasteiger partial charge in [-0.2, -0.15) is 5.10 Å². The Labute approximate surface area is 167 Å². The molecule has 4 rings (SSSR count). The molecule has 0 aliphatic carbocycles. The van der Waals surface area contributed by atoms with E-state index in [1.54, 1.807) is 22.9 Å². The first-order chi connectivity index (χ1) is 13.9. The molecular weight excluding hydrogens is 372 g/mol. The summed E-state index contributed by atoms with van der Waals surface area (Å²) in [4.78, 5) is 29.2. The van der Waals surface area contributed by atoms with Crippen LogP contribution in [-0.2, 0) is 6.54 Å². The van der Waals surface area contributed by atoms with Gasteiger partial charge < -0.3 is 10.5 Å². The Morgan fingerprint density at radius 2 is 2.17 bits per heavy atom. The van der Waals surface area contributed by atoms with E-state index in [-0.39, 0.29) is 11.9 Å². The van der Waals surface area contributed by atoms with Crippen LogP contribution < -0.4 is 15.8 Å². The minimum Gasteiger partial charge on any atom is -0.489 e. The van der Waals surface area contributed by atoms with Crippen molar-refractivity contribution in [3.05, 3.63) is 47.3 Å². The quantitative estimate of drug-likeness (QED) is 0.645. The summed E-state index contributed by atoms with van der Waals surface area (Å²) in [6.45, 7) is 6.61. The van der Waals surface area contributed by atoms with Crippen LogP contribution in [0.4, 0.5) is 5.95 Å². The Morgan fingerprint density at radius 3 is 2.86 bits per heavy atom. The van der Waals surface area contributed by atoms with Crippen LogP contribution in [0.25, 0.3) is 11.0 Å². The Kier molecular flexibility index (Phi) is 4.57. The zero-order chi connectivity index (χ0) is 20.7. The first kappa shape index (κ1) is 18.7. The van der Waals surface area contributed by atoms with Crippen LogP contribution in [0, 0.1) is 6.92 Å². The van der Waals surface area contributed by atoms with E-state index in [4.69, 9.17) is 10.5 Å². The number of amides is 2. The number of aromatic nitrogens is 4. The molecule has 3 heterocycles. The maximum atomic E-state index is 12.9. The average Bonchev–Trinajstić information content (AvgIpc) is 3.25. The van der Waals surface area contributed by atoms with Crippen molar-refractivity contribution in [3.63, 3.8) is 0 Å². The lowest BCUT2D eigenvalue weighted by molar-refractivity contribution is 0.0995. The molecular formula is C20H22N6O3. The molecule has 0 bridgehead atoms. The number of carbonyl (C=O) groups is 2. The standard InChI is InChI=1S/C20H22N6O3/c1-4-6-13-10-29-16-9-12(18(21)27)8-14-17(16)26(13)20(22-14)23-19(28)15-7-11(3)24-25(15)5-2/h4,6-9,13H,5,10H2,1-3H3,(H2,21,27)(H,22,23,28)/b6-4+/t13-/m0/s1. The second-order valence-electron chi connectivity index (χ2n) is 6.86. The smallest absolute Gasteiger partial charge is 0.276 e. The van der Waals surface area contributed by atoms with Crippen molar-refractivity contribution in [1.82, 2.24) is 19.3 Å². The molecule has 1 aliphatic rings. The van der Waals surface area contributed by atoms with Gasteiger partial charge >= 0.3 is 0 Å². The van der Waals surface area contributed by atoms with Gasteiger partial charge in [0.15, 0.2) is 0 Å². The molecule has 0 unspecified atom stereocenters. The van der Waals surface area contributed by atoms with Crippen LogP contribution in [0.5, 0.6) is 5.75 Å². The summed E-state index contributed by atoms with van der Waals surface area (Å²) in [5.74, 6) is 0.0199. The van der Waals surface area contributed by atoms with E-state index in [0.717, 1.165) is 5.69 Å². The van der Waals surface area contributed by atoms with E-state index in [1.165, 1.54) is 0 Å². The maximum Gasteiger partial charge on any atom is 0.276 e. The van der Waals surface area contributed by atoms with Crippen LogP contribution in [0.3, 0.4) is 0 Å². The summed E-state index contributed by atoms with van der Waals surface area (Å²) in [6.07, 6.45) is 3.89. The van der Waals surface area contributed by atoms with E-state index < -0.39 is 5.91 Å². The van der Waals surface area contributed by atoms with Gasteiger partial charge in [-0.1, -0.05) is 12.2 Å². The third kappa shape index (κ3) is 3.14. The molecule has 0 spiro atoms. The highest BCUT2D eigenvalue weighted by molar-refractivity contribution is 6.04. The number of anilines is 1. The van der Waals surface area contributed by atoms with Gasteiger partial charge in [0.25, 0.3) is 5.91 Å². The fourth-order valence-corrected chi connectivity index (χ4v) is 3.61. The van der Waals surface area contributed by atoms with Gasteiger partial charge in [0.05, 0.1) is 17.3 Å². The number of imidazole rings is 1. The topological polar surface area (TPSA) is 117 Å². The van der Waals surface area contributed by atoms with Crippen molar-refractivity contribution >= 4 is 28.8 Å². The van der Waals surface area contributed by atoms with Gasteiger partial charge in [0.2, 0.25) is 11.9 Å². The third-order valence-electron chi connectivity index (χ3n) is 4.85. The fraction of sp³-hybridized carbons (Fsp3) is 0.300. The van der Waals surface area contributed by atoms with Crippen molar-refractivity contribution < 1.29 is 14.3 Å². The number of carbonyl (C=O) groups excluding carboxylic acids is 2. The number of rotatable bonds is 5. The van der Waals surface area contributed by atoms with Crippen molar-refractivity contribution in [1.29, 1.82) is 0 Å². The lowest BCUT2D eigenvalue weighted by Crippen LogP contribution is -2.25. The number of ether oxygens (including phenoxy) is 1. The summed E-state index contributed by atoms with van der Waals surface area (Å²) < 4.78 is 9.41. The first-order valence-corrected chi connectivity index (χ1v) is 9.40. The number of primary amides is 1. The number of nitrogens with two attached hydrogens (primary N) is 1. The summed E-state index contributed by atoms with van der Waals surface area (Å²) >= 11 is 0. The highest BCUT2D eigenvalue weighted by Crippen LogP contribution is 2.37. The van der Waals surface area contributed by atoms with Crippen LogP contribution >= 0.6 is 0 Å². The Morgan fingerprint density at radius 1 is 1.38 bits per heavy atom. The van der Waals surface area contributed by atoms with Gasteiger partial charge in [0.1, 0.15) is 23.6 Å². The molecule has 2 amide bonds. The van der Waals surface area contributed by atoms with Gasteiger partial charge in [-0.15, -0.1) is 0 Å². The summed E-state index contributed by atoms with van der Waals surface area (Å²) in [5, 5.41) is 7.22. The minimum absolute atomic E-state index is 0.148. The second kappa shape index (κ2) is 7.08. The minimum atomic E-state index is -0.565. The molecule has 29 heavy (non-hydrogen) atoms. The van der Waals surface area contributed by atoms with Crippen LogP contribution in [0.1, 0.15) is 46.4 Å².